The third-order valence-electron chi connectivity index (χ3n) is 1.93. The summed E-state index contributed by atoms with van der Waals surface area (Å²) >= 11 is 0. The highest BCUT2D eigenvalue weighted by Crippen LogP contribution is 2.19. The Morgan fingerprint density at radius 1 is 1.29 bits per heavy atom. The Morgan fingerprint density at radius 3 is 2.71 bits per heavy atom. The molecule has 0 aliphatic heterocycles. The lowest BCUT2D eigenvalue weighted by atomic mass is 10.2. The minimum Gasteiger partial charge on any atom is -0.460 e. The number of furan rings is 1. The second kappa shape index (κ2) is 3.51. The van der Waals surface area contributed by atoms with Gasteiger partial charge in [-0.2, -0.15) is 0 Å². The molecule has 2 aromatic rings. The third kappa shape index (κ3) is 1.60. The van der Waals surface area contributed by atoms with E-state index in [0.717, 1.165) is 11.3 Å². The first-order valence-electron chi connectivity index (χ1n) is 4.27. The van der Waals surface area contributed by atoms with Crippen LogP contribution in [0.25, 0.3) is 11.3 Å². The van der Waals surface area contributed by atoms with E-state index in [1.165, 1.54) is 6.07 Å². The Bertz CT molecular complexity index is 464. The number of pyridine rings is 1. The molecule has 2 rings (SSSR count). The molecule has 0 aliphatic rings. The van der Waals surface area contributed by atoms with Crippen LogP contribution in [0.15, 0.2) is 39.7 Å². The van der Waals surface area contributed by atoms with Gasteiger partial charge >= 0.3 is 0 Å². The number of hydrogen-bond acceptors (Lipinski definition) is 3. The molecule has 0 unspecified atom stereocenters. The lowest BCUT2D eigenvalue weighted by Gasteiger charge is -1.94. The minimum atomic E-state index is -0.126. The third-order valence-corrected chi connectivity index (χ3v) is 1.93. The van der Waals surface area contributed by atoms with Gasteiger partial charge in [-0.15, -0.1) is 0 Å². The van der Waals surface area contributed by atoms with Crippen LogP contribution in [-0.4, -0.2) is 4.98 Å². The minimum absolute atomic E-state index is 0.126. The maximum absolute atomic E-state index is 10.8. The second-order valence-corrected chi connectivity index (χ2v) is 2.91. The van der Waals surface area contributed by atoms with Crippen molar-refractivity contribution in [3.05, 3.63) is 46.6 Å². The highest BCUT2D eigenvalue weighted by Gasteiger charge is 2.02. The van der Waals surface area contributed by atoms with E-state index in [0.29, 0.717) is 12.3 Å². The van der Waals surface area contributed by atoms with Crippen LogP contribution in [0, 0.1) is 0 Å². The SMILES string of the molecule is NCc1ccc(-c2ccc(=O)[nH]c2)o1. The summed E-state index contributed by atoms with van der Waals surface area (Å²) in [7, 11) is 0. The fourth-order valence-corrected chi connectivity index (χ4v) is 1.21. The first-order chi connectivity index (χ1) is 6.79. The van der Waals surface area contributed by atoms with E-state index in [1.54, 1.807) is 12.3 Å². The molecule has 14 heavy (non-hydrogen) atoms. The average molecular weight is 190 g/mol. The normalized spacial score (nSPS) is 10.4. The van der Waals surface area contributed by atoms with Gasteiger partial charge in [0.1, 0.15) is 11.5 Å². The van der Waals surface area contributed by atoms with Gasteiger partial charge in [0, 0.05) is 17.8 Å². The molecule has 0 atom stereocenters. The molecule has 2 heterocycles. The Labute approximate surface area is 80.4 Å². The molecule has 0 aliphatic carbocycles. The van der Waals surface area contributed by atoms with Crippen molar-refractivity contribution in [1.29, 1.82) is 0 Å². The summed E-state index contributed by atoms with van der Waals surface area (Å²) in [5.41, 5.74) is 6.13. The van der Waals surface area contributed by atoms with Crippen LogP contribution in [-0.2, 0) is 6.54 Å². The van der Waals surface area contributed by atoms with E-state index in [2.05, 4.69) is 4.98 Å². The van der Waals surface area contributed by atoms with Crippen molar-refractivity contribution in [3.8, 4) is 11.3 Å². The van der Waals surface area contributed by atoms with Crippen molar-refractivity contribution in [3.63, 3.8) is 0 Å². The van der Waals surface area contributed by atoms with Crippen LogP contribution in [0.5, 0.6) is 0 Å². The quantitative estimate of drug-likeness (QED) is 0.744. The Hall–Kier alpha value is -1.81. The standard InChI is InChI=1S/C10H10N2O2/c11-5-8-2-3-9(14-8)7-1-4-10(13)12-6-7/h1-4,6H,5,11H2,(H,12,13). The van der Waals surface area contributed by atoms with Gasteiger partial charge in [0.2, 0.25) is 5.56 Å². The van der Waals surface area contributed by atoms with Crippen molar-refractivity contribution >= 4 is 0 Å². The lowest BCUT2D eigenvalue weighted by molar-refractivity contribution is 0.525. The number of rotatable bonds is 2. The molecule has 72 valence electrons. The zero-order chi connectivity index (χ0) is 9.97. The van der Waals surface area contributed by atoms with Gasteiger partial charge in [-0.05, 0) is 18.2 Å². The van der Waals surface area contributed by atoms with E-state index in [4.69, 9.17) is 10.2 Å². The van der Waals surface area contributed by atoms with Crippen molar-refractivity contribution in [2.75, 3.05) is 0 Å². The van der Waals surface area contributed by atoms with E-state index in [9.17, 15) is 4.79 Å². The maximum atomic E-state index is 10.8. The highest BCUT2D eigenvalue weighted by atomic mass is 16.3. The molecular formula is C10H10N2O2. The summed E-state index contributed by atoms with van der Waals surface area (Å²) in [6, 6.07) is 6.81. The summed E-state index contributed by atoms with van der Waals surface area (Å²) < 4.78 is 5.41. The van der Waals surface area contributed by atoms with Gasteiger partial charge in [0.25, 0.3) is 0 Å². The number of nitrogens with two attached hydrogens (primary N) is 1. The zero-order valence-electron chi connectivity index (χ0n) is 7.49. The summed E-state index contributed by atoms with van der Waals surface area (Å²) in [6.07, 6.45) is 1.61. The Kier molecular flexibility index (Phi) is 2.20. The molecule has 4 nitrogen and oxygen atoms in total. The Morgan fingerprint density at radius 2 is 2.14 bits per heavy atom. The molecule has 0 saturated carbocycles. The van der Waals surface area contributed by atoms with Crippen molar-refractivity contribution < 1.29 is 4.42 Å². The summed E-state index contributed by atoms with van der Waals surface area (Å²) in [6.45, 7) is 0.378. The van der Waals surface area contributed by atoms with Crippen LogP contribution >= 0.6 is 0 Å². The molecule has 2 aromatic heterocycles. The first-order valence-corrected chi connectivity index (χ1v) is 4.27. The molecule has 0 bridgehead atoms. The van der Waals surface area contributed by atoms with Crippen molar-refractivity contribution in [2.24, 2.45) is 5.73 Å². The number of aromatic amines is 1. The average Bonchev–Trinajstić information content (AvgIpc) is 2.67. The van der Waals surface area contributed by atoms with Gasteiger partial charge in [-0.3, -0.25) is 4.79 Å². The smallest absolute Gasteiger partial charge is 0.247 e. The highest BCUT2D eigenvalue weighted by molar-refractivity contribution is 5.55. The largest absolute Gasteiger partial charge is 0.460 e. The lowest BCUT2D eigenvalue weighted by Crippen LogP contribution is -2.00. The van der Waals surface area contributed by atoms with Crippen molar-refractivity contribution in [1.82, 2.24) is 4.98 Å². The van der Waals surface area contributed by atoms with Gasteiger partial charge in [-0.25, -0.2) is 0 Å². The molecule has 0 aromatic carbocycles. The summed E-state index contributed by atoms with van der Waals surface area (Å²) in [5.74, 6) is 1.44. The molecular weight excluding hydrogens is 180 g/mol. The van der Waals surface area contributed by atoms with Crippen LogP contribution < -0.4 is 11.3 Å². The van der Waals surface area contributed by atoms with E-state index in [-0.39, 0.29) is 5.56 Å². The molecule has 3 N–H and O–H groups in total. The Balaban J connectivity index is 2.39. The van der Waals surface area contributed by atoms with Crippen LogP contribution in [0.1, 0.15) is 5.76 Å². The van der Waals surface area contributed by atoms with Crippen LogP contribution in [0.4, 0.5) is 0 Å². The fourth-order valence-electron chi connectivity index (χ4n) is 1.21. The predicted octanol–water partition coefficient (Wildman–Crippen LogP) is 1.09. The number of nitrogens with one attached hydrogen (secondary N) is 1. The maximum Gasteiger partial charge on any atom is 0.247 e. The molecule has 0 radical (unpaired) electrons. The molecule has 0 amide bonds. The predicted molar refractivity (Wildman–Crippen MR) is 52.7 cm³/mol. The van der Waals surface area contributed by atoms with Gasteiger partial charge in [-0.1, -0.05) is 0 Å². The van der Waals surface area contributed by atoms with E-state index in [1.807, 2.05) is 12.1 Å². The molecule has 0 saturated heterocycles. The van der Waals surface area contributed by atoms with Crippen molar-refractivity contribution in [2.45, 2.75) is 6.54 Å². The summed E-state index contributed by atoms with van der Waals surface area (Å²) in [4.78, 5) is 13.4. The van der Waals surface area contributed by atoms with Gasteiger partial charge < -0.3 is 15.1 Å². The molecule has 4 heteroatoms. The van der Waals surface area contributed by atoms with Crippen LogP contribution in [0.3, 0.4) is 0 Å². The topological polar surface area (TPSA) is 72.0 Å². The van der Waals surface area contributed by atoms with Gasteiger partial charge in [0.05, 0.1) is 6.54 Å². The monoisotopic (exact) mass is 190 g/mol. The zero-order valence-corrected chi connectivity index (χ0v) is 7.49. The molecule has 0 spiro atoms. The van der Waals surface area contributed by atoms with E-state index < -0.39 is 0 Å². The summed E-state index contributed by atoms with van der Waals surface area (Å²) in [5, 5.41) is 0. The first kappa shape index (κ1) is 8.77. The van der Waals surface area contributed by atoms with Gasteiger partial charge in [0.15, 0.2) is 0 Å². The second-order valence-electron chi connectivity index (χ2n) is 2.91. The number of aromatic nitrogens is 1. The van der Waals surface area contributed by atoms with E-state index >= 15 is 0 Å². The molecule has 0 fully saturated rings. The number of hydrogen-bond donors (Lipinski definition) is 2. The number of H-pyrrole nitrogens is 1. The van der Waals surface area contributed by atoms with Crippen LogP contribution in [0.2, 0.25) is 0 Å². The fraction of sp³-hybridized carbons (Fsp3) is 0.100.